The normalized spacial score (nSPS) is 10.7. The van der Waals surface area contributed by atoms with Gasteiger partial charge in [0.05, 0.1) is 5.39 Å². The molecule has 29 heavy (non-hydrogen) atoms. The van der Waals surface area contributed by atoms with Gasteiger partial charge >= 0.3 is 0 Å². The molecule has 1 aromatic heterocycles. The molecule has 2 amide bonds. The van der Waals surface area contributed by atoms with E-state index in [2.05, 4.69) is 31.7 Å². The zero-order valence-corrected chi connectivity index (χ0v) is 17.7. The van der Waals surface area contributed by atoms with Crippen molar-refractivity contribution in [1.82, 2.24) is 15.1 Å². The van der Waals surface area contributed by atoms with Gasteiger partial charge in [-0.05, 0) is 37.6 Å². The minimum atomic E-state index is -0.421. The second-order valence-corrected chi connectivity index (χ2v) is 7.44. The van der Waals surface area contributed by atoms with Crippen LogP contribution >= 0.6 is 15.9 Å². The summed E-state index contributed by atoms with van der Waals surface area (Å²) < 4.78 is 2.13. The van der Waals surface area contributed by atoms with Gasteiger partial charge in [0.1, 0.15) is 0 Å². The monoisotopic (exact) mass is 456 g/mol. The highest BCUT2D eigenvalue weighted by atomic mass is 79.9. The number of aryl methyl sites for hydroxylation is 2. The third-order valence-corrected chi connectivity index (χ3v) is 4.99. The molecule has 0 aliphatic heterocycles. The van der Waals surface area contributed by atoms with Crippen LogP contribution < -0.4 is 16.2 Å². The first-order valence-corrected chi connectivity index (χ1v) is 10.0. The Kier molecular flexibility index (Phi) is 6.43. The number of nitrogens with one attached hydrogen (secondary N) is 2. The van der Waals surface area contributed by atoms with Crippen molar-refractivity contribution in [1.29, 1.82) is 0 Å². The molecule has 1 heterocycles. The summed E-state index contributed by atoms with van der Waals surface area (Å²) in [5, 5.41) is 10.7. The number of halogens is 1. The number of nitrogens with zero attached hydrogens (tertiary/aromatic N) is 2. The van der Waals surface area contributed by atoms with E-state index in [0.717, 1.165) is 15.7 Å². The summed E-state index contributed by atoms with van der Waals surface area (Å²) in [6.07, 6.45) is 0.114. The fourth-order valence-electron chi connectivity index (χ4n) is 2.93. The molecule has 150 valence electrons. The number of carbonyl (C=O) groups excluding carboxylic acids is 2. The maximum absolute atomic E-state index is 12.6. The van der Waals surface area contributed by atoms with E-state index >= 15 is 0 Å². The molecule has 0 saturated heterocycles. The van der Waals surface area contributed by atoms with Gasteiger partial charge in [-0.2, -0.15) is 5.10 Å². The lowest BCUT2D eigenvalue weighted by molar-refractivity contribution is -0.116. The smallest absolute Gasteiger partial charge is 0.274 e. The molecule has 0 radical (unpaired) electrons. The molecular weight excluding hydrogens is 436 g/mol. The van der Waals surface area contributed by atoms with Gasteiger partial charge in [-0.25, -0.2) is 4.68 Å². The first-order valence-electron chi connectivity index (χ1n) is 9.24. The number of hydrogen-bond acceptors (Lipinski definition) is 4. The third kappa shape index (κ3) is 4.71. The van der Waals surface area contributed by atoms with Crippen LogP contribution in [-0.4, -0.2) is 28.1 Å². The number of benzene rings is 2. The number of amides is 2. The Morgan fingerprint density at radius 2 is 1.86 bits per heavy atom. The third-order valence-electron chi connectivity index (χ3n) is 4.49. The lowest BCUT2D eigenvalue weighted by atomic mass is 10.1. The van der Waals surface area contributed by atoms with Crippen molar-refractivity contribution in [3.8, 4) is 0 Å². The highest BCUT2D eigenvalue weighted by molar-refractivity contribution is 9.10. The van der Waals surface area contributed by atoms with Crippen LogP contribution in [0.3, 0.4) is 0 Å². The molecule has 0 unspecified atom stereocenters. The number of carbonyl (C=O) groups is 2. The molecule has 2 N–H and O–H groups in total. The molecule has 8 heteroatoms. The van der Waals surface area contributed by atoms with Crippen LogP contribution in [0.15, 0.2) is 51.7 Å². The molecule has 0 aliphatic rings. The maximum atomic E-state index is 12.6. The molecule has 0 fully saturated rings. The summed E-state index contributed by atoms with van der Waals surface area (Å²) in [6, 6.07) is 12.5. The highest BCUT2D eigenvalue weighted by Gasteiger charge is 2.16. The molecule has 3 aromatic rings. The van der Waals surface area contributed by atoms with Gasteiger partial charge < -0.3 is 10.6 Å². The summed E-state index contributed by atoms with van der Waals surface area (Å²) in [6.45, 7) is 4.21. The Bertz CT molecular complexity index is 1140. The number of hydrogen-bond donors (Lipinski definition) is 2. The van der Waals surface area contributed by atoms with E-state index in [4.69, 9.17) is 0 Å². The summed E-state index contributed by atoms with van der Waals surface area (Å²) in [4.78, 5) is 37.2. The largest absolute Gasteiger partial charge is 0.350 e. The van der Waals surface area contributed by atoms with E-state index in [0.29, 0.717) is 17.3 Å². The van der Waals surface area contributed by atoms with E-state index in [-0.39, 0.29) is 30.1 Å². The molecule has 3 rings (SSSR count). The van der Waals surface area contributed by atoms with Gasteiger partial charge in [-0.3, -0.25) is 14.4 Å². The lowest BCUT2D eigenvalue weighted by Gasteiger charge is -2.11. The van der Waals surface area contributed by atoms with Gasteiger partial charge in [-0.15, -0.1) is 0 Å². The van der Waals surface area contributed by atoms with E-state index in [9.17, 15) is 14.4 Å². The predicted octanol–water partition coefficient (Wildman–Crippen LogP) is 3.25. The zero-order valence-electron chi connectivity index (χ0n) is 16.2. The fourth-order valence-corrected chi connectivity index (χ4v) is 3.29. The molecule has 0 spiro atoms. The molecule has 7 nitrogen and oxygen atoms in total. The Labute approximate surface area is 176 Å². The van der Waals surface area contributed by atoms with Gasteiger partial charge in [0.2, 0.25) is 5.91 Å². The Morgan fingerprint density at radius 1 is 1.14 bits per heavy atom. The summed E-state index contributed by atoms with van der Waals surface area (Å²) in [5.41, 5.74) is 1.61. The SMILES string of the molecule is CCn1nc(C(=O)NCCC(=O)Nc2cc(Br)ccc2C)c2ccccc2c1=O. The van der Waals surface area contributed by atoms with Crippen molar-refractivity contribution in [2.45, 2.75) is 26.8 Å². The average molecular weight is 457 g/mol. The second-order valence-electron chi connectivity index (χ2n) is 6.53. The predicted molar refractivity (Wildman–Crippen MR) is 116 cm³/mol. The number of rotatable bonds is 6. The van der Waals surface area contributed by atoms with Gasteiger partial charge in [0.15, 0.2) is 5.69 Å². The molecule has 0 saturated carbocycles. The van der Waals surface area contributed by atoms with E-state index in [1.165, 1.54) is 4.68 Å². The molecular formula is C21H21BrN4O3. The Hall–Kier alpha value is -3.00. The minimum absolute atomic E-state index is 0.114. The fraction of sp³-hybridized carbons (Fsp3) is 0.238. The van der Waals surface area contributed by atoms with Gasteiger partial charge in [-0.1, -0.05) is 40.2 Å². The first kappa shape index (κ1) is 20.7. The van der Waals surface area contributed by atoms with Crippen molar-refractivity contribution < 1.29 is 9.59 Å². The zero-order chi connectivity index (χ0) is 21.0. The quantitative estimate of drug-likeness (QED) is 0.595. The van der Waals surface area contributed by atoms with E-state index in [1.807, 2.05) is 25.1 Å². The van der Waals surface area contributed by atoms with Crippen LogP contribution in [0.4, 0.5) is 5.69 Å². The number of aromatic nitrogens is 2. The van der Waals surface area contributed by atoms with Crippen LogP contribution in [0, 0.1) is 6.92 Å². The first-order chi connectivity index (χ1) is 13.9. The molecule has 0 atom stereocenters. The van der Waals surface area contributed by atoms with Crippen molar-refractivity contribution in [2.75, 3.05) is 11.9 Å². The van der Waals surface area contributed by atoms with E-state index in [1.54, 1.807) is 31.2 Å². The lowest BCUT2D eigenvalue weighted by Crippen LogP contribution is -2.32. The maximum Gasteiger partial charge on any atom is 0.274 e. The Morgan fingerprint density at radius 3 is 2.59 bits per heavy atom. The van der Waals surface area contributed by atoms with Crippen molar-refractivity contribution in [2.24, 2.45) is 0 Å². The Balaban J connectivity index is 1.68. The van der Waals surface area contributed by atoms with Crippen LogP contribution in [0.2, 0.25) is 0 Å². The number of anilines is 1. The average Bonchev–Trinajstić information content (AvgIpc) is 2.71. The summed E-state index contributed by atoms with van der Waals surface area (Å²) in [7, 11) is 0. The summed E-state index contributed by atoms with van der Waals surface area (Å²) in [5.74, 6) is -0.627. The summed E-state index contributed by atoms with van der Waals surface area (Å²) >= 11 is 3.38. The molecule has 0 aliphatic carbocycles. The van der Waals surface area contributed by atoms with Crippen molar-refractivity contribution in [3.63, 3.8) is 0 Å². The van der Waals surface area contributed by atoms with Crippen LogP contribution in [-0.2, 0) is 11.3 Å². The number of fused-ring (bicyclic) bond motifs is 1. The van der Waals surface area contributed by atoms with Crippen LogP contribution in [0.5, 0.6) is 0 Å². The highest BCUT2D eigenvalue weighted by Crippen LogP contribution is 2.20. The second kappa shape index (κ2) is 9.00. The van der Waals surface area contributed by atoms with Crippen molar-refractivity contribution in [3.05, 3.63) is 68.5 Å². The standard InChI is InChI=1S/C21H21BrN4O3/c1-3-26-21(29)16-7-5-4-6-15(16)19(25-26)20(28)23-11-10-18(27)24-17-12-14(22)9-8-13(17)2/h4-9,12H,3,10-11H2,1-2H3,(H,23,28)(H,24,27). The molecule has 2 aromatic carbocycles. The topological polar surface area (TPSA) is 93.1 Å². The molecule has 0 bridgehead atoms. The van der Waals surface area contributed by atoms with Gasteiger partial charge in [0, 0.05) is 35.1 Å². The van der Waals surface area contributed by atoms with Crippen LogP contribution in [0.25, 0.3) is 10.8 Å². The van der Waals surface area contributed by atoms with Crippen LogP contribution in [0.1, 0.15) is 29.4 Å². The van der Waals surface area contributed by atoms with E-state index < -0.39 is 5.91 Å². The van der Waals surface area contributed by atoms with Crippen molar-refractivity contribution >= 4 is 44.2 Å². The van der Waals surface area contributed by atoms with Gasteiger partial charge in [0.25, 0.3) is 11.5 Å². The minimum Gasteiger partial charge on any atom is -0.350 e.